The van der Waals surface area contributed by atoms with E-state index in [9.17, 15) is 8.42 Å². The number of H-pyrrole nitrogens is 1. The number of sulfone groups is 1. The van der Waals surface area contributed by atoms with Gasteiger partial charge in [0.25, 0.3) is 0 Å². The first-order chi connectivity index (χ1) is 12.5. The minimum atomic E-state index is -3.12. The molecule has 1 aromatic heterocycles. The highest BCUT2D eigenvalue weighted by molar-refractivity contribution is 7.90. The maximum Gasteiger partial charge on any atom is 0.175 e. The van der Waals surface area contributed by atoms with Crippen LogP contribution in [0.1, 0.15) is 17.5 Å². The summed E-state index contributed by atoms with van der Waals surface area (Å²) in [5, 5.41) is 8.25. The number of likely N-dealkylation sites (tertiary alicyclic amines) is 1. The van der Waals surface area contributed by atoms with Gasteiger partial charge in [-0.2, -0.15) is 5.10 Å². The summed E-state index contributed by atoms with van der Waals surface area (Å²) in [6.07, 6.45) is 5.41. The number of hydrogen-bond acceptors (Lipinski definition) is 4. The van der Waals surface area contributed by atoms with Gasteiger partial charge in [0, 0.05) is 24.7 Å². The Hall–Kier alpha value is -2.18. The van der Waals surface area contributed by atoms with E-state index in [0.29, 0.717) is 10.8 Å². The van der Waals surface area contributed by atoms with Crippen LogP contribution in [0.3, 0.4) is 0 Å². The number of rotatable bonds is 5. The molecule has 136 valence electrons. The molecule has 1 saturated heterocycles. The molecule has 1 fully saturated rings. The molecule has 0 aliphatic carbocycles. The normalized spacial score (nSPS) is 18.6. The molecule has 2 heterocycles. The largest absolute Gasteiger partial charge is 0.299 e. The molecule has 3 aromatic rings. The molecule has 0 unspecified atom stereocenters. The molecule has 1 atom stereocenters. The number of aromatic amines is 1. The van der Waals surface area contributed by atoms with Crippen LogP contribution in [-0.2, 0) is 22.8 Å². The highest BCUT2D eigenvalue weighted by atomic mass is 32.2. The summed E-state index contributed by atoms with van der Waals surface area (Å²) in [4.78, 5) is 2.84. The zero-order chi connectivity index (χ0) is 18.1. The van der Waals surface area contributed by atoms with Crippen LogP contribution in [0, 0.1) is 5.92 Å². The Morgan fingerprint density at radius 3 is 2.69 bits per heavy atom. The fourth-order valence-electron chi connectivity index (χ4n) is 3.78. The van der Waals surface area contributed by atoms with Crippen molar-refractivity contribution in [3.05, 3.63) is 59.8 Å². The summed E-state index contributed by atoms with van der Waals surface area (Å²) < 4.78 is 23.1. The summed E-state index contributed by atoms with van der Waals surface area (Å²) in [5.74, 6) is 0.662. The van der Waals surface area contributed by atoms with E-state index in [4.69, 9.17) is 0 Å². The lowest BCUT2D eigenvalue weighted by atomic mass is 9.98. The molecular weight excluding hydrogens is 346 g/mol. The predicted molar refractivity (Wildman–Crippen MR) is 103 cm³/mol. The highest BCUT2D eigenvalue weighted by Gasteiger charge is 2.23. The van der Waals surface area contributed by atoms with E-state index < -0.39 is 9.84 Å². The first-order valence-electron chi connectivity index (χ1n) is 8.91. The molecule has 4 rings (SSSR count). The third-order valence-electron chi connectivity index (χ3n) is 5.16. The molecule has 1 aliphatic rings. The molecule has 1 N–H and O–H groups in total. The third kappa shape index (κ3) is 3.81. The SMILES string of the molecule is CS(=O)(=O)c1ccc(CN2CC[C@@H](Cc3ccc4[nH]ncc4c3)C2)cc1. The standard InChI is InChI=1S/C20H23N3O2S/c1-26(24,25)19-5-2-15(3-6-19)13-23-9-8-17(14-23)10-16-4-7-20-18(11-16)12-21-22-20/h2-7,11-12,17H,8-10,13-14H2,1H3,(H,21,22)/t17-/m0/s1. The Labute approximate surface area is 154 Å². The third-order valence-corrected chi connectivity index (χ3v) is 6.29. The Bertz CT molecular complexity index is 1010. The van der Waals surface area contributed by atoms with Crippen LogP contribution < -0.4 is 0 Å². The van der Waals surface area contributed by atoms with Crippen molar-refractivity contribution in [3.8, 4) is 0 Å². The Kier molecular flexibility index (Phi) is 4.54. The van der Waals surface area contributed by atoms with Crippen molar-refractivity contribution in [1.29, 1.82) is 0 Å². The maximum atomic E-state index is 11.6. The lowest BCUT2D eigenvalue weighted by Crippen LogP contribution is -2.20. The van der Waals surface area contributed by atoms with E-state index >= 15 is 0 Å². The van der Waals surface area contributed by atoms with Gasteiger partial charge in [-0.3, -0.25) is 10.00 Å². The second-order valence-corrected chi connectivity index (χ2v) is 9.32. The van der Waals surface area contributed by atoms with Crippen LogP contribution in [-0.4, -0.2) is 42.9 Å². The summed E-state index contributed by atoms with van der Waals surface area (Å²) in [6, 6.07) is 13.8. The molecule has 2 aromatic carbocycles. The van der Waals surface area contributed by atoms with Gasteiger partial charge in [-0.25, -0.2) is 8.42 Å². The predicted octanol–water partition coefficient (Wildman–Crippen LogP) is 3.03. The van der Waals surface area contributed by atoms with Crippen LogP contribution in [0.5, 0.6) is 0 Å². The van der Waals surface area contributed by atoms with Crippen molar-refractivity contribution < 1.29 is 8.42 Å². The molecule has 0 radical (unpaired) electrons. The van der Waals surface area contributed by atoms with E-state index in [-0.39, 0.29) is 0 Å². The van der Waals surface area contributed by atoms with Gasteiger partial charge in [-0.05, 0) is 60.7 Å². The minimum Gasteiger partial charge on any atom is -0.299 e. The molecule has 26 heavy (non-hydrogen) atoms. The van der Waals surface area contributed by atoms with E-state index in [1.807, 2.05) is 18.3 Å². The van der Waals surface area contributed by atoms with Gasteiger partial charge in [0.05, 0.1) is 16.6 Å². The summed E-state index contributed by atoms with van der Waals surface area (Å²) >= 11 is 0. The quantitative estimate of drug-likeness (QED) is 0.751. The Balaban J connectivity index is 1.36. The summed E-state index contributed by atoms with van der Waals surface area (Å²) in [6.45, 7) is 3.05. The smallest absolute Gasteiger partial charge is 0.175 e. The monoisotopic (exact) mass is 369 g/mol. The molecule has 0 saturated carbocycles. The first-order valence-corrected chi connectivity index (χ1v) is 10.8. The van der Waals surface area contributed by atoms with Gasteiger partial charge in [0.15, 0.2) is 9.84 Å². The van der Waals surface area contributed by atoms with Crippen LogP contribution in [0.2, 0.25) is 0 Å². The lowest BCUT2D eigenvalue weighted by Gasteiger charge is -2.16. The number of benzene rings is 2. The number of hydrogen-bond donors (Lipinski definition) is 1. The van der Waals surface area contributed by atoms with Gasteiger partial charge in [0.2, 0.25) is 0 Å². The van der Waals surface area contributed by atoms with Gasteiger partial charge in [-0.1, -0.05) is 18.2 Å². The fourth-order valence-corrected chi connectivity index (χ4v) is 4.41. The van der Waals surface area contributed by atoms with Gasteiger partial charge in [-0.15, -0.1) is 0 Å². The summed E-state index contributed by atoms with van der Waals surface area (Å²) in [7, 11) is -3.12. The van der Waals surface area contributed by atoms with Crippen molar-refractivity contribution in [1.82, 2.24) is 15.1 Å². The maximum absolute atomic E-state index is 11.6. The van der Waals surface area contributed by atoms with Gasteiger partial charge >= 0.3 is 0 Å². The van der Waals surface area contributed by atoms with Crippen molar-refractivity contribution in [3.63, 3.8) is 0 Å². The molecule has 0 amide bonds. The van der Waals surface area contributed by atoms with Gasteiger partial charge in [0.1, 0.15) is 0 Å². The number of fused-ring (bicyclic) bond motifs is 1. The van der Waals surface area contributed by atoms with Crippen molar-refractivity contribution in [2.75, 3.05) is 19.3 Å². The number of nitrogens with zero attached hydrogens (tertiary/aromatic N) is 2. The molecule has 0 spiro atoms. The van der Waals surface area contributed by atoms with Crippen molar-refractivity contribution in [2.45, 2.75) is 24.3 Å². The molecule has 6 heteroatoms. The van der Waals surface area contributed by atoms with Gasteiger partial charge < -0.3 is 0 Å². The Morgan fingerprint density at radius 2 is 1.92 bits per heavy atom. The second kappa shape index (κ2) is 6.85. The van der Waals surface area contributed by atoms with Crippen molar-refractivity contribution in [2.24, 2.45) is 5.92 Å². The van der Waals surface area contributed by atoms with Crippen LogP contribution in [0.4, 0.5) is 0 Å². The Morgan fingerprint density at radius 1 is 1.15 bits per heavy atom. The number of aromatic nitrogens is 2. The molecular formula is C20H23N3O2S. The average Bonchev–Trinajstić information content (AvgIpc) is 3.23. The van der Waals surface area contributed by atoms with Crippen LogP contribution in [0.25, 0.3) is 10.9 Å². The zero-order valence-electron chi connectivity index (χ0n) is 14.9. The summed E-state index contributed by atoms with van der Waals surface area (Å²) in [5.41, 5.74) is 3.61. The molecule has 5 nitrogen and oxygen atoms in total. The van der Waals surface area contributed by atoms with Crippen LogP contribution >= 0.6 is 0 Å². The fraction of sp³-hybridized carbons (Fsp3) is 0.350. The van der Waals surface area contributed by atoms with E-state index in [0.717, 1.165) is 37.1 Å². The van der Waals surface area contributed by atoms with Crippen molar-refractivity contribution >= 4 is 20.7 Å². The minimum absolute atomic E-state index is 0.384. The molecule has 1 aliphatic heterocycles. The van der Waals surface area contributed by atoms with E-state index in [2.05, 4.69) is 33.3 Å². The number of nitrogens with one attached hydrogen (secondary N) is 1. The highest BCUT2D eigenvalue weighted by Crippen LogP contribution is 2.24. The lowest BCUT2D eigenvalue weighted by molar-refractivity contribution is 0.316. The van der Waals surface area contributed by atoms with E-state index in [1.54, 1.807) is 12.1 Å². The topological polar surface area (TPSA) is 66.1 Å². The zero-order valence-corrected chi connectivity index (χ0v) is 15.7. The molecule has 0 bridgehead atoms. The first kappa shape index (κ1) is 17.2. The van der Waals surface area contributed by atoms with E-state index in [1.165, 1.54) is 23.6 Å². The van der Waals surface area contributed by atoms with Crippen LogP contribution in [0.15, 0.2) is 53.6 Å². The second-order valence-electron chi connectivity index (χ2n) is 7.30. The average molecular weight is 369 g/mol.